The summed E-state index contributed by atoms with van der Waals surface area (Å²) in [6, 6.07) is 10.3. The van der Waals surface area contributed by atoms with Crippen molar-refractivity contribution in [1.29, 1.82) is 0 Å². The highest BCUT2D eigenvalue weighted by Gasteiger charge is 2.51. The zero-order valence-corrected chi connectivity index (χ0v) is 15.4. The van der Waals surface area contributed by atoms with Gasteiger partial charge in [0.25, 0.3) is 6.02 Å². The lowest BCUT2D eigenvalue weighted by Gasteiger charge is -2.50. The van der Waals surface area contributed by atoms with Crippen molar-refractivity contribution in [3.8, 4) is 17.0 Å². The fourth-order valence-electron chi connectivity index (χ4n) is 4.42. The Kier molecular flexibility index (Phi) is 3.97. The average molecular weight is 365 g/mol. The van der Waals surface area contributed by atoms with Crippen molar-refractivity contribution >= 4 is 11.8 Å². The predicted octanol–water partition coefficient (Wildman–Crippen LogP) is 2.41. The molecule has 4 aliphatic rings. The van der Waals surface area contributed by atoms with Crippen LogP contribution in [0.4, 0.5) is 5.82 Å². The number of benzene rings is 1. The van der Waals surface area contributed by atoms with Gasteiger partial charge in [-0.2, -0.15) is 0 Å². The van der Waals surface area contributed by atoms with Crippen LogP contribution in [0.25, 0.3) is 11.3 Å². The standard InChI is InChI=1S/C20H23N5O2/c1-26-16-4-2-3-14(9-16)17-10-18(23-13-22-17)24-19-21-11-20(27-19)12-25-7-5-15(20)6-8-25/h2-4,9-10,13,15H,5-8,11-12H2,1H3,(H,21,22,23,24)/t20-/m0/s1. The lowest BCUT2D eigenvalue weighted by atomic mass is 9.75. The number of fused-ring (bicyclic) bond motifs is 2. The number of nitrogens with one attached hydrogen (secondary N) is 1. The summed E-state index contributed by atoms with van der Waals surface area (Å²) in [7, 11) is 1.66. The first kappa shape index (κ1) is 16.5. The third-order valence-electron chi connectivity index (χ3n) is 5.88. The van der Waals surface area contributed by atoms with E-state index in [1.54, 1.807) is 13.4 Å². The van der Waals surface area contributed by atoms with Gasteiger partial charge in [-0.25, -0.2) is 15.0 Å². The molecule has 6 rings (SSSR count). The molecule has 3 fully saturated rings. The molecular weight excluding hydrogens is 342 g/mol. The highest BCUT2D eigenvalue weighted by molar-refractivity contribution is 5.90. The lowest BCUT2D eigenvalue weighted by molar-refractivity contribution is -0.0829. The zero-order valence-electron chi connectivity index (χ0n) is 15.4. The Labute approximate surface area is 158 Å². The van der Waals surface area contributed by atoms with Gasteiger partial charge in [-0.05, 0) is 38.1 Å². The van der Waals surface area contributed by atoms with E-state index in [-0.39, 0.29) is 5.60 Å². The van der Waals surface area contributed by atoms with Crippen molar-refractivity contribution in [3.63, 3.8) is 0 Å². The number of hydrogen-bond donors (Lipinski definition) is 1. The van der Waals surface area contributed by atoms with E-state index in [2.05, 4.69) is 25.2 Å². The maximum Gasteiger partial charge on any atom is 0.291 e. The fraction of sp³-hybridized carbons (Fsp3) is 0.450. The molecule has 7 nitrogen and oxygen atoms in total. The van der Waals surface area contributed by atoms with E-state index in [0.717, 1.165) is 30.1 Å². The zero-order chi connectivity index (χ0) is 18.3. The van der Waals surface area contributed by atoms with Crippen LogP contribution in [0.1, 0.15) is 12.8 Å². The molecule has 3 saturated heterocycles. The van der Waals surface area contributed by atoms with Gasteiger partial charge in [0.05, 0.1) is 19.3 Å². The van der Waals surface area contributed by atoms with E-state index < -0.39 is 0 Å². The molecule has 0 saturated carbocycles. The molecule has 2 aromatic rings. The Morgan fingerprint density at radius 3 is 2.89 bits per heavy atom. The van der Waals surface area contributed by atoms with E-state index in [9.17, 15) is 0 Å². The van der Waals surface area contributed by atoms with Gasteiger partial charge in [0.15, 0.2) is 0 Å². The van der Waals surface area contributed by atoms with Crippen molar-refractivity contribution < 1.29 is 9.47 Å². The van der Waals surface area contributed by atoms with Gasteiger partial charge >= 0.3 is 0 Å². The fourth-order valence-corrected chi connectivity index (χ4v) is 4.42. The number of methoxy groups -OCH3 is 1. The second kappa shape index (κ2) is 6.49. The molecule has 1 atom stereocenters. The third kappa shape index (κ3) is 3.02. The SMILES string of the molecule is COc1cccc(-c2cc(NC3=NC[C@@]4(CN5CCC4CC5)O3)ncn2)c1. The topological polar surface area (TPSA) is 71.9 Å². The molecule has 140 valence electrons. The van der Waals surface area contributed by atoms with Crippen LogP contribution in [0, 0.1) is 5.92 Å². The maximum absolute atomic E-state index is 6.33. The van der Waals surface area contributed by atoms with Crippen LogP contribution in [0.2, 0.25) is 0 Å². The number of piperidine rings is 3. The molecule has 7 heteroatoms. The summed E-state index contributed by atoms with van der Waals surface area (Å²) < 4.78 is 11.6. The van der Waals surface area contributed by atoms with E-state index >= 15 is 0 Å². The van der Waals surface area contributed by atoms with Crippen molar-refractivity contribution in [2.24, 2.45) is 10.9 Å². The number of nitrogens with zero attached hydrogens (tertiary/aromatic N) is 4. The lowest BCUT2D eigenvalue weighted by Crippen LogP contribution is -2.61. The number of amidine groups is 1. The minimum atomic E-state index is -0.151. The first-order valence-corrected chi connectivity index (χ1v) is 9.43. The quantitative estimate of drug-likeness (QED) is 0.901. The first-order valence-electron chi connectivity index (χ1n) is 9.43. The number of aromatic nitrogens is 2. The molecule has 27 heavy (non-hydrogen) atoms. The molecule has 1 aromatic heterocycles. The number of anilines is 1. The van der Waals surface area contributed by atoms with Crippen LogP contribution in [0.15, 0.2) is 41.7 Å². The maximum atomic E-state index is 6.33. The van der Waals surface area contributed by atoms with Crippen LogP contribution in [-0.2, 0) is 4.74 Å². The summed E-state index contributed by atoms with van der Waals surface area (Å²) in [6.07, 6.45) is 3.96. The van der Waals surface area contributed by atoms with Gasteiger partial charge in [-0.15, -0.1) is 0 Å². The summed E-state index contributed by atoms with van der Waals surface area (Å²) in [5, 5.41) is 3.24. The van der Waals surface area contributed by atoms with Crippen LogP contribution in [0.3, 0.4) is 0 Å². The predicted molar refractivity (Wildman–Crippen MR) is 103 cm³/mol. The largest absolute Gasteiger partial charge is 0.497 e. The van der Waals surface area contributed by atoms with Crippen LogP contribution >= 0.6 is 0 Å². The summed E-state index contributed by atoms with van der Waals surface area (Å²) in [5.41, 5.74) is 1.65. The Morgan fingerprint density at radius 1 is 1.22 bits per heavy atom. The smallest absolute Gasteiger partial charge is 0.291 e. The average Bonchev–Trinajstić information content (AvgIpc) is 3.11. The van der Waals surface area contributed by atoms with Crippen molar-refractivity contribution in [1.82, 2.24) is 14.9 Å². The highest BCUT2D eigenvalue weighted by atomic mass is 16.5. The molecular formula is C20H23N5O2. The molecule has 4 aliphatic heterocycles. The molecule has 1 spiro atoms. The second-order valence-electron chi connectivity index (χ2n) is 7.48. The normalized spacial score (nSPS) is 28.7. The molecule has 5 heterocycles. The summed E-state index contributed by atoms with van der Waals surface area (Å²) in [4.78, 5) is 15.8. The van der Waals surface area contributed by atoms with Gasteiger partial charge in [-0.1, -0.05) is 12.1 Å². The number of aliphatic imine (C=N–C) groups is 1. The van der Waals surface area contributed by atoms with Crippen molar-refractivity contribution in [2.75, 3.05) is 38.6 Å². The summed E-state index contributed by atoms with van der Waals surface area (Å²) in [6.45, 7) is 4.08. The number of ether oxygens (including phenoxy) is 2. The Hall–Kier alpha value is -2.67. The molecule has 1 N–H and O–H groups in total. The number of hydrogen-bond acceptors (Lipinski definition) is 7. The first-order chi connectivity index (χ1) is 13.2. The van der Waals surface area contributed by atoms with Crippen molar-refractivity contribution in [2.45, 2.75) is 18.4 Å². The molecule has 2 bridgehead atoms. The highest BCUT2D eigenvalue weighted by Crippen LogP contribution is 2.40. The molecule has 0 radical (unpaired) electrons. The minimum absolute atomic E-state index is 0.151. The Balaban J connectivity index is 1.32. The Bertz CT molecular complexity index is 878. The van der Waals surface area contributed by atoms with Crippen LogP contribution in [0.5, 0.6) is 5.75 Å². The second-order valence-corrected chi connectivity index (χ2v) is 7.48. The Morgan fingerprint density at radius 2 is 2.11 bits per heavy atom. The molecule has 1 aromatic carbocycles. The molecule has 0 amide bonds. The van der Waals surface area contributed by atoms with Gasteiger partial charge in [0.1, 0.15) is 23.5 Å². The molecule has 0 unspecified atom stereocenters. The van der Waals surface area contributed by atoms with Crippen LogP contribution < -0.4 is 10.1 Å². The monoisotopic (exact) mass is 365 g/mol. The van der Waals surface area contributed by atoms with Crippen molar-refractivity contribution in [3.05, 3.63) is 36.7 Å². The van der Waals surface area contributed by atoms with Gasteiger partial charge in [0.2, 0.25) is 0 Å². The summed E-state index contributed by atoms with van der Waals surface area (Å²) >= 11 is 0. The molecule has 0 aliphatic carbocycles. The van der Waals surface area contributed by atoms with Crippen LogP contribution in [-0.4, -0.2) is 59.8 Å². The summed E-state index contributed by atoms with van der Waals surface area (Å²) in [5.74, 6) is 2.08. The van der Waals surface area contributed by atoms with Gasteiger partial charge in [-0.3, -0.25) is 10.2 Å². The third-order valence-corrected chi connectivity index (χ3v) is 5.88. The number of rotatable bonds is 3. The van der Waals surface area contributed by atoms with E-state index in [0.29, 0.717) is 17.8 Å². The van der Waals surface area contributed by atoms with E-state index in [4.69, 9.17) is 9.47 Å². The van der Waals surface area contributed by atoms with E-state index in [1.165, 1.54) is 25.9 Å². The van der Waals surface area contributed by atoms with E-state index in [1.807, 2.05) is 30.3 Å². The van der Waals surface area contributed by atoms with Gasteiger partial charge < -0.3 is 9.47 Å². The minimum Gasteiger partial charge on any atom is -0.497 e. The van der Waals surface area contributed by atoms with Gasteiger partial charge in [0, 0.05) is 24.1 Å².